The number of aliphatic hydroxyl groups is 1. The van der Waals surface area contributed by atoms with Gasteiger partial charge in [0.1, 0.15) is 12.4 Å². The highest BCUT2D eigenvalue weighted by Gasteiger charge is 2.39. The van der Waals surface area contributed by atoms with Crippen LogP contribution in [0.5, 0.6) is 5.75 Å². The summed E-state index contributed by atoms with van der Waals surface area (Å²) in [6, 6.07) is 23.0. The maximum absolute atomic E-state index is 13.4. The first-order chi connectivity index (χ1) is 17.7. The molecule has 36 heavy (non-hydrogen) atoms. The average molecular weight is 482 g/mol. The molecule has 0 aromatic heterocycles. The summed E-state index contributed by atoms with van der Waals surface area (Å²) < 4.78 is 11.4. The van der Waals surface area contributed by atoms with E-state index < -0.39 is 0 Å². The first-order valence-corrected chi connectivity index (χ1v) is 12.8. The number of carbonyl (C=O) groups excluding carboxylic acids is 1. The minimum absolute atomic E-state index is 0.0304. The molecule has 184 valence electrons. The van der Waals surface area contributed by atoms with Crippen molar-refractivity contribution in [3.63, 3.8) is 0 Å². The van der Waals surface area contributed by atoms with Crippen LogP contribution in [0.2, 0.25) is 0 Å². The van der Waals surface area contributed by atoms with Gasteiger partial charge in [-0.15, -0.1) is 0 Å². The summed E-state index contributed by atoms with van der Waals surface area (Å²) in [6.07, 6.45) is 5.82. The lowest BCUT2D eigenvalue weighted by Gasteiger charge is -2.44. The molecule has 2 unspecified atom stereocenters. The Morgan fingerprint density at radius 2 is 1.72 bits per heavy atom. The highest BCUT2D eigenvalue weighted by molar-refractivity contribution is 5.79. The number of methoxy groups -OCH3 is 1. The third-order valence-electron chi connectivity index (χ3n) is 8.01. The van der Waals surface area contributed by atoms with Crippen molar-refractivity contribution >= 4 is 11.7 Å². The van der Waals surface area contributed by atoms with Crippen LogP contribution in [0.4, 0.5) is 4.79 Å². The van der Waals surface area contributed by atoms with Crippen LogP contribution in [-0.4, -0.2) is 41.9 Å². The second-order valence-electron chi connectivity index (χ2n) is 9.94. The van der Waals surface area contributed by atoms with Crippen molar-refractivity contribution in [2.24, 2.45) is 0 Å². The molecule has 3 aromatic rings. The average Bonchev–Trinajstić information content (AvgIpc) is 3.24. The van der Waals surface area contributed by atoms with Gasteiger partial charge in [-0.3, -0.25) is 4.90 Å². The summed E-state index contributed by atoms with van der Waals surface area (Å²) in [6.45, 7) is 0.279. The van der Waals surface area contributed by atoms with Gasteiger partial charge in [0.05, 0.1) is 19.8 Å². The lowest BCUT2D eigenvalue weighted by molar-refractivity contribution is 0.0539. The third-order valence-corrected chi connectivity index (χ3v) is 8.01. The van der Waals surface area contributed by atoms with E-state index >= 15 is 0 Å². The third kappa shape index (κ3) is 3.88. The molecule has 2 atom stereocenters. The van der Waals surface area contributed by atoms with Crippen LogP contribution >= 0.6 is 0 Å². The molecule has 0 radical (unpaired) electrons. The zero-order chi connectivity index (χ0) is 24.6. The van der Waals surface area contributed by atoms with Crippen molar-refractivity contribution in [3.8, 4) is 16.9 Å². The Kier molecular flexibility index (Phi) is 6.02. The quantitative estimate of drug-likeness (QED) is 0.475. The molecule has 1 saturated heterocycles. The number of amides is 1. The van der Waals surface area contributed by atoms with Crippen LogP contribution in [0.25, 0.3) is 16.7 Å². The van der Waals surface area contributed by atoms with Crippen molar-refractivity contribution in [2.45, 2.75) is 50.3 Å². The SMILES string of the molecule is COc1ccc(C2=CC3CCCC(C2)N3C(=O)OCC2c3ccccc3-c3ccccc32)cc1CO. The molecular formula is C31H31NO4. The fourth-order valence-electron chi connectivity index (χ4n) is 6.30. The molecule has 3 aromatic carbocycles. The van der Waals surface area contributed by atoms with Crippen molar-refractivity contribution in [1.29, 1.82) is 0 Å². The first-order valence-electron chi connectivity index (χ1n) is 12.8. The summed E-state index contributed by atoms with van der Waals surface area (Å²) in [4.78, 5) is 15.4. The minimum atomic E-state index is -0.215. The Labute approximate surface area is 212 Å². The van der Waals surface area contributed by atoms with Gasteiger partial charge in [0.2, 0.25) is 0 Å². The topological polar surface area (TPSA) is 59.0 Å². The molecule has 2 heterocycles. The molecule has 0 spiro atoms. The van der Waals surface area contributed by atoms with Gasteiger partial charge in [-0.2, -0.15) is 0 Å². The molecule has 5 heteroatoms. The highest BCUT2D eigenvalue weighted by atomic mass is 16.6. The van der Waals surface area contributed by atoms with Crippen LogP contribution in [0.1, 0.15) is 53.9 Å². The number of hydrogen-bond acceptors (Lipinski definition) is 4. The molecule has 1 aliphatic carbocycles. The molecule has 0 saturated carbocycles. The summed E-state index contributed by atoms with van der Waals surface area (Å²) >= 11 is 0. The molecule has 1 amide bonds. The summed E-state index contributed by atoms with van der Waals surface area (Å²) in [5.41, 5.74) is 8.02. The van der Waals surface area contributed by atoms with Gasteiger partial charge in [-0.1, -0.05) is 60.7 Å². The Bertz CT molecular complexity index is 1280. The lowest BCUT2D eigenvalue weighted by Crippen LogP contribution is -2.51. The monoisotopic (exact) mass is 481 g/mol. The van der Waals surface area contributed by atoms with Gasteiger partial charge < -0.3 is 14.6 Å². The van der Waals surface area contributed by atoms with Crippen molar-refractivity contribution in [2.75, 3.05) is 13.7 Å². The number of rotatable bonds is 5. The number of fused-ring (bicyclic) bond motifs is 5. The van der Waals surface area contributed by atoms with E-state index in [1.807, 2.05) is 23.1 Å². The van der Waals surface area contributed by atoms with Crippen LogP contribution in [0.15, 0.2) is 72.8 Å². The molecule has 1 fully saturated rings. The molecule has 6 rings (SSSR count). The van der Waals surface area contributed by atoms with E-state index in [9.17, 15) is 9.90 Å². The van der Waals surface area contributed by atoms with Crippen LogP contribution in [0.3, 0.4) is 0 Å². The number of ether oxygens (including phenoxy) is 2. The molecule has 1 N–H and O–H groups in total. The molecule has 3 aliphatic rings. The Balaban J connectivity index is 1.21. The Morgan fingerprint density at radius 1 is 1.00 bits per heavy atom. The summed E-state index contributed by atoms with van der Waals surface area (Å²) in [7, 11) is 1.62. The number of nitrogens with zero attached hydrogens (tertiary/aromatic N) is 1. The molecule has 5 nitrogen and oxygen atoms in total. The fourth-order valence-corrected chi connectivity index (χ4v) is 6.30. The van der Waals surface area contributed by atoms with Crippen molar-refractivity contribution < 1.29 is 19.4 Å². The Morgan fingerprint density at radius 3 is 2.39 bits per heavy atom. The second-order valence-corrected chi connectivity index (χ2v) is 9.94. The van der Waals surface area contributed by atoms with Gasteiger partial charge in [-0.05, 0) is 71.2 Å². The zero-order valence-electron chi connectivity index (χ0n) is 20.5. The van der Waals surface area contributed by atoms with E-state index in [0.29, 0.717) is 12.4 Å². The van der Waals surface area contributed by atoms with Gasteiger partial charge in [0.25, 0.3) is 0 Å². The smallest absolute Gasteiger partial charge is 0.410 e. The predicted molar refractivity (Wildman–Crippen MR) is 140 cm³/mol. The highest BCUT2D eigenvalue weighted by Crippen LogP contribution is 2.45. The van der Waals surface area contributed by atoms with E-state index in [2.05, 4.69) is 54.6 Å². The van der Waals surface area contributed by atoms with Crippen LogP contribution < -0.4 is 4.74 Å². The van der Waals surface area contributed by atoms with Crippen LogP contribution in [-0.2, 0) is 11.3 Å². The number of benzene rings is 3. The van der Waals surface area contributed by atoms with E-state index in [1.165, 1.54) is 27.8 Å². The molecular weight excluding hydrogens is 450 g/mol. The van der Waals surface area contributed by atoms with Gasteiger partial charge in [0, 0.05) is 17.5 Å². The van der Waals surface area contributed by atoms with Crippen molar-refractivity contribution in [1.82, 2.24) is 4.90 Å². The number of piperidine rings is 1. The minimum Gasteiger partial charge on any atom is -0.496 e. The maximum Gasteiger partial charge on any atom is 0.410 e. The van der Waals surface area contributed by atoms with E-state index in [-0.39, 0.29) is 30.7 Å². The van der Waals surface area contributed by atoms with Gasteiger partial charge >= 0.3 is 6.09 Å². The maximum atomic E-state index is 13.4. The predicted octanol–water partition coefficient (Wildman–Crippen LogP) is 6.15. The summed E-state index contributed by atoms with van der Waals surface area (Å²) in [5, 5.41) is 9.75. The van der Waals surface area contributed by atoms with Crippen LogP contribution in [0, 0.1) is 0 Å². The lowest BCUT2D eigenvalue weighted by atomic mass is 9.83. The first kappa shape index (κ1) is 22.9. The summed E-state index contributed by atoms with van der Waals surface area (Å²) in [5.74, 6) is 0.756. The molecule has 2 aliphatic heterocycles. The van der Waals surface area contributed by atoms with E-state index in [1.54, 1.807) is 7.11 Å². The van der Waals surface area contributed by atoms with Crippen molar-refractivity contribution in [3.05, 3.63) is 95.1 Å². The molecule has 2 bridgehead atoms. The normalized spacial score (nSPS) is 20.4. The van der Waals surface area contributed by atoms with Gasteiger partial charge in [-0.25, -0.2) is 4.79 Å². The number of hydrogen-bond donors (Lipinski definition) is 1. The zero-order valence-corrected chi connectivity index (χ0v) is 20.5. The fraction of sp³-hybridized carbons (Fsp3) is 0.323. The Hall–Kier alpha value is -3.57. The van der Waals surface area contributed by atoms with E-state index in [0.717, 1.165) is 36.8 Å². The standard InChI is InChI=1S/C31H31NO4/c1-35-30-14-13-20(15-22(30)18-33)21-16-23-7-6-8-24(17-21)32(23)31(34)36-19-29-27-11-4-2-9-25(27)26-10-3-5-12-28(26)29/h2-5,9-16,23-24,29,33H,6-8,17-19H2,1H3. The second kappa shape index (κ2) is 9.47. The number of aliphatic hydroxyl groups excluding tert-OH is 1. The number of carbonyl (C=O) groups is 1. The largest absolute Gasteiger partial charge is 0.496 e. The van der Waals surface area contributed by atoms with E-state index in [4.69, 9.17) is 9.47 Å². The van der Waals surface area contributed by atoms with Gasteiger partial charge in [0.15, 0.2) is 0 Å².